The standard InChI is InChI=1S/C16H15BrFNO/c1-9-2-4-11(18)7-12(9)16-8-14(19)13-6-10(17)3-5-15(13)20-16/h2-7,14,16H,8,19H2,1H3. The summed E-state index contributed by atoms with van der Waals surface area (Å²) in [5.41, 5.74) is 9.11. The summed E-state index contributed by atoms with van der Waals surface area (Å²) in [6, 6.07) is 10.5. The molecule has 0 aliphatic carbocycles. The summed E-state index contributed by atoms with van der Waals surface area (Å²) in [5, 5.41) is 0. The van der Waals surface area contributed by atoms with Crippen LogP contribution in [0.4, 0.5) is 4.39 Å². The van der Waals surface area contributed by atoms with E-state index in [1.54, 1.807) is 6.07 Å². The van der Waals surface area contributed by atoms with Crippen LogP contribution in [-0.2, 0) is 0 Å². The highest BCUT2D eigenvalue weighted by atomic mass is 79.9. The lowest BCUT2D eigenvalue weighted by molar-refractivity contribution is 0.160. The normalized spacial score (nSPS) is 21.2. The first-order chi connectivity index (χ1) is 9.54. The van der Waals surface area contributed by atoms with E-state index in [-0.39, 0.29) is 18.0 Å². The van der Waals surface area contributed by atoms with E-state index in [1.807, 2.05) is 25.1 Å². The molecule has 0 bridgehead atoms. The molecule has 0 saturated heterocycles. The largest absolute Gasteiger partial charge is 0.485 e. The first-order valence-electron chi connectivity index (χ1n) is 6.52. The van der Waals surface area contributed by atoms with Gasteiger partial charge in [0.05, 0.1) is 0 Å². The highest BCUT2D eigenvalue weighted by Crippen LogP contribution is 2.41. The van der Waals surface area contributed by atoms with Gasteiger partial charge in [0.2, 0.25) is 0 Å². The Kier molecular flexibility index (Phi) is 3.52. The summed E-state index contributed by atoms with van der Waals surface area (Å²) in [6.45, 7) is 1.96. The van der Waals surface area contributed by atoms with Gasteiger partial charge in [-0.2, -0.15) is 0 Å². The van der Waals surface area contributed by atoms with Crippen molar-refractivity contribution >= 4 is 15.9 Å². The third-order valence-electron chi connectivity index (χ3n) is 3.70. The zero-order valence-corrected chi connectivity index (χ0v) is 12.7. The average Bonchev–Trinajstić information content (AvgIpc) is 2.42. The molecule has 2 atom stereocenters. The molecule has 104 valence electrons. The molecular formula is C16H15BrFNO. The molecular weight excluding hydrogens is 321 g/mol. The molecule has 2 N–H and O–H groups in total. The van der Waals surface area contributed by atoms with Crippen molar-refractivity contribution in [3.05, 3.63) is 63.4 Å². The second-order valence-electron chi connectivity index (χ2n) is 5.13. The van der Waals surface area contributed by atoms with Crippen molar-refractivity contribution in [2.75, 3.05) is 0 Å². The number of halogens is 2. The van der Waals surface area contributed by atoms with Gasteiger partial charge in [0.25, 0.3) is 0 Å². The highest BCUT2D eigenvalue weighted by molar-refractivity contribution is 9.10. The maximum Gasteiger partial charge on any atom is 0.126 e. The number of rotatable bonds is 1. The first kappa shape index (κ1) is 13.6. The van der Waals surface area contributed by atoms with Crippen molar-refractivity contribution in [1.29, 1.82) is 0 Å². The number of nitrogens with two attached hydrogens (primary N) is 1. The molecule has 20 heavy (non-hydrogen) atoms. The van der Waals surface area contributed by atoms with Gasteiger partial charge in [-0.15, -0.1) is 0 Å². The second kappa shape index (κ2) is 5.19. The van der Waals surface area contributed by atoms with Crippen molar-refractivity contribution in [3.63, 3.8) is 0 Å². The predicted molar refractivity (Wildman–Crippen MR) is 80.2 cm³/mol. The fourth-order valence-corrected chi connectivity index (χ4v) is 3.00. The number of aryl methyl sites for hydroxylation is 1. The minimum atomic E-state index is -0.246. The summed E-state index contributed by atoms with van der Waals surface area (Å²) < 4.78 is 20.4. The van der Waals surface area contributed by atoms with Crippen LogP contribution in [0.15, 0.2) is 40.9 Å². The maximum absolute atomic E-state index is 13.5. The highest BCUT2D eigenvalue weighted by Gasteiger charge is 2.28. The van der Waals surface area contributed by atoms with E-state index in [0.29, 0.717) is 6.42 Å². The molecule has 0 amide bonds. The fraction of sp³-hybridized carbons (Fsp3) is 0.250. The SMILES string of the molecule is Cc1ccc(F)cc1C1CC(N)c2cc(Br)ccc2O1. The van der Waals surface area contributed by atoms with Gasteiger partial charge < -0.3 is 10.5 Å². The lowest BCUT2D eigenvalue weighted by Gasteiger charge is -2.31. The van der Waals surface area contributed by atoms with Gasteiger partial charge in [0.1, 0.15) is 17.7 Å². The number of fused-ring (bicyclic) bond motifs is 1. The smallest absolute Gasteiger partial charge is 0.126 e. The van der Waals surface area contributed by atoms with Gasteiger partial charge >= 0.3 is 0 Å². The molecule has 2 unspecified atom stereocenters. The molecule has 0 saturated carbocycles. The van der Waals surface area contributed by atoms with Gasteiger partial charge in [-0.25, -0.2) is 4.39 Å². The average molecular weight is 336 g/mol. The van der Waals surface area contributed by atoms with E-state index >= 15 is 0 Å². The molecule has 1 heterocycles. The molecule has 1 aliphatic heterocycles. The van der Waals surface area contributed by atoms with E-state index in [4.69, 9.17) is 10.5 Å². The van der Waals surface area contributed by atoms with Crippen molar-refractivity contribution in [2.45, 2.75) is 25.5 Å². The third kappa shape index (κ3) is 2.45. The monoisotopic (exact) mass is 335 g/mol. The summed E-state index contributed by atoms with van der Waals surface area (Å²) in [4.78, 5) is 0. The van der Waals surface area contributed by atoms with E-state index in [1.165, 1.54) is 12.1 Å². The van der Waals surface area contributed by atoms with Crippen LogP contribution >= 0.6 is 15.9 Å². The summed E-state index contributed by atoms with van der Waals surface area (Å²) in [5.74, 6) is 0.532. The Labute approximate surface area is 125 Å². The van der Waals surface area contributed by atoms with Crippen LogP contribution in [0, 0.1) is 12.7 Å². The van der Waals surface area contributed by atoms with Gasteiger partial charge in [-0.05, 0) is 48.4 Å². The van der Waals surface area contributed by atoms with Crippen molar-refractivity contribution < 1.29 is 9.13 Å². The molecule has 2 nitrogen and oxygen atoms in total. The van der Waals surface area contributed by atoms with Crippen molar-refractivity contribution in [1.82, 2.24) is 0 Å². The molecule has 2 aromatic carbocycles. The van der Waals surface area contributed by atoms with E-state index in [9.17, 15) is 4.39 Å². The van der Waals surface area contributed by atoms with Crippen LogP contribution in [0.25, 0.3) is 0 Å². The topological polar surface area (TPSA) is 35.2 Å². The zero-order chi connectivity index (χ0) is 14.3. The van der Waals surface area contributed by atoms with E-state index in [0.717, 1.165) is 26.9 Å². The lowest BCUT2D eigenvalue weighted by atomic mass is 9.92. The first-order valence-corrected chi connectivity index (χ1v) is 7.31. The fourth-order valence-electron chi connectivity index (χ4n) is 2.62. The molecule has 4 heteroatoms. The molecule has 0 fully saturated rings. The Morgan fingerprint density at radius 2 is 2.00 bits per heavy atom. The van der Waals surface area contributed by atoms with Crippen molar-refractivity contribution in [3.8, 4) is 5.75 Å². The Bertz CT molecular complexity index is 659. The minimum absolute atomic E-state index is 0.107. The van der Waals surface area contributed by atoms with Gasteiger partial charge in [0.15, 0.2) is 0 Å². The summed E-state index contributed by atoms with van der Waals surface area (Å²) in [6.07, 6.45) is 0.447. The van der Waals surface area contributed by atoms with E-state index < -0.39 is 0 Å². The molecule has 2 aromatic rings. The van der Waals surface area contributed by atoms with Crippen LogP contribution < -0.4 is 10.5 Å². The zero-order valence-electron chi connectivity index (χ0n) is 11.1. The number of benzene rings is 2. The maximum atomic E-state index is 13.5. The molecule has 0 aromatic heterocycles. The van der Waals surface area contributed by atoms with Gasteiger partial charge in [-0.3, -0.25) is 0 Å². The number of ether oxygens (including phenoxy) is 1. The Morgan fingerprint density at radius 3 is 2.80 bits per heavy atom. The second-order valence-corrected chi connectivity index (χ2v) is 6.05. The molecule has 0 spiro atoms. The Morgan fingerprint density at radius 1 is 1.20 bits per heavy atom. The van der Waals surface area contributed by atoms with Crippen molar-refractivity contribution in [2.24, 2.45) is 5.73 Å². The summed E-state index contributed by atoms with van der Waals surface area (Å²) in [7, 11) is 0. The van der Waals surface area contributed by atoms with Crippen LogP contribution in [0.1, 0.15) is 35.3 Å². The molecule has 0 radical (unpaired) electrons. The number of hydrogen-bond acceptors (Lipinski definition) is 2. The van der Waals surface area contributed by atoms with Crippen LogP contribution in [0.5, 0.6) is 5.75 Å². The van der Waals surface area contributed by atoms with Crippen LogP contribution in [0.2, 0.25) is 0 Å². The Hall–Kier alpha value is -1.39. The minimum Gasteiger partial charge on any atom is -0.485 e. The Balaban J connectivity index is 1.99. The van der Waals surface area contributed by atoms with Crippen LogP contribution in [0.3, 0.4) is 0 Å². The van der Waals surface area contributed by atoms with Crippen LogP contribution in [-0.4, -0.2) is 0 Å². The summed E-state index contributed by atoms with van der Waals surface area (Å²) >= 11 is 3.44. The predicted octanol–water partition coefficient (Wildman–Crippen LogP) is 4.42. The van der Waals surface area contributed by atoms with Gasteiger partial charge in [-0.1, -0.05) is 22.0 Å². The number of hydrogen-bond donors (Lipinski definition) is 1. The van der Waals surface area contributed by atoms with Gasteiger partial charge in [0, 0.05) is 22.5 Å². The quantitative estimate of drug-likeness (QED) is 0.837. The molecule has 1 aliphatic rings. The van der Waals surface area contributed by atoms with E-state index in [2.05, 4.69) is 15.9 Å². The third-order valence-corrected chi connectivity index (χ3v) is 4.19. The molecule has 3 rings (SSSR count). The lowest BCUT2D eigenvalue weighted by Crippen LogP contribution is -2.24.